The fourth-order valence-electron chi connectivity index (χ4n) is 3.07. The van der Waals surface area contributed by atoms with Gasteiger partial charge in [-0.05, 0) is 42.9 Å². The number of aliphatic hydroxyl groups is 1. The van der Waals surface area contributed by atoms with E-state index in [4.69, 9.17) is 0 Å². The molecule has 0 radical (unpaired) electrons. The van der Waals surface area contributed by atoms with Gasteiger partial charge in [0.15, 0.2) is 0 Å². The topological polar surface area (TPSA) is 32.3 Å². The number of hydrogen-bond acceptors (Lipinski definition) is 2. The van der Waals surface area contributed by atoms with Crippen LogP contribution in [0.4, 0.5) is 0 Å². The van der Waals surface area contributed by atoms with Crippen LogP contribution in [-0.4, -0.2) is 17.3 Å². The molecule has 2 atom stereocenters. The summed E-state index contributed by atoms with van der Waals surface area (Å²) in [4.78, 5) is 0. The van der Waals surface area contributed by atoms with Gasteiger partial charge >= 0.3 is 0 Å². The second kappa shape index (κ2) is 6.42. The molecule has 3 rings (SSSR count). The lowest BCUT2D eigenvalue weighted by atomic mass is 10.0. The van der Waals surface area contributed by atoms with Crippen molar-refractivity contribution in [1.82, 2.24) is 5.32 Å². The SMILES string of the molecule is Cc1cccc(-c2ccc(CN[C@H]3CCC[C@@H]3O)cc2)c1. The fourth-order valence-corrected chi connectivity index (χ4v) is 3.07. The summed E-state index contributed by atoms with van der Waals surface area (Å²) in [5.74, 6) is 0. The lowest BCUT2D eigenvalue weighted by molar-refractivity contribution is 0.148. The van der Waals surface area contributed by atoms with Gasteiger partial charge < -0.3 is 10.4 Å². The first-order valence-corrected chi connectivity index (χ1v) is 7.80. The monoisotopic (exact) mass is 281 g/mol. The molecule has 0 spiro atoms. The van der Waals surface area contributed by atoms with Crippen LogP contribution in [-0.2, 0) is 6.54 Å². The fraction of sp³-hybridized carbons (Fsp3) is 0.368. The average Bonchev–Trinajstić information content (AvgIpc) is 2.91. The highest BCUT2D eigenvalue weighted by Crippen LogP contribution is 2.22. The normalized spacial score (nSPS) is 21.6. The zero-order valence-corrected chi connectivity index (χ0v) is 12.5. The number of nitrogens with one attached hydrogen (secondary N) is 1. The van der Waals surface area contributed by atoms with Crippen LogP contribution in [0.25, 0.3) is 11.1 Å². The summed E-state index contributed by atoms with van der Waals surface area (Å²) in [5, 5.41) is 13.3. The number of aryl methyl sites for hydroxylation is 1. The Morgan fingerprint density at radius 2 is 1.86 bits per heavy atom. The van der Waals surface area contributed by atoms with Gasteiger partial charge in [-0.2, -0.15) is 0 Å². The lowest BCUT2D eigenvalue weighted by Gasteiger charge is -2.16. The third kappa shape index (κ3) is 3.52. The molecule has 2 N–H and O–H groups in total. The minimum Gasteiger partial charge on any atom is -0.392 e. The highest BCUT2D eigenvalue weighted by atomic mass is 16.3. The Balaban J connectivity index is 1.64. The van der Waals surface area contributed by atoms with Crippen LogP contribution in [0.2, 0.25) is 0 Å². The molecule has 0 bridgehead atoms. The summed E-state index contributed by atoms with van der Waals surface area (Å²) >= 11 is 0. The van der Waals surface area contributed by atoms with Gasteiger partial charge in [0.1, 0.15) is 0 Å². The summed E-state index contributed by atoms with van der Waals surface area (Å²) in [6.45, 7) is 2.95. The summed E-state index contributed by atoms with van der Waals surface area (Å²) in [5.41, 5.74) is 5.07. The summed E-state index contributed by atoms with van der Waals surface area (Å²) < 4.78 is 0. The zero-order chi connectivity index (χ0) is 14.7. The maximum absolute atomic E-state index is 9.82. The Hall–Kier alpha value is -1.64. The lowest BCUT2D eigenvalue weighted by Crippen LogP contribution is -2.34. The van der Waals surface area contributed by atoms with Gasteiger partial charge in [0, 0.05) is 12.6 Å². The minimum absolute atomic E-state index is 0.170. The third-order valence-corrected chi connectivity index (χ3v) is 4.35. The highest BCUT2D eigenvalue weighted by Gasteiger charge is 2.24. The number of rotatable bonds is 4. The molecule has 1 fully saturated rings. The first-order valence-electron chi connectivity index (χ1n) is 7.80. The van der Waals surface area contributed by atoms with E-state index in [0.29, 0.717) is 0 Å². The van der Waals surface area contributed by atoms with E-state index in [1.54, 1.807) is 0 Å². The van der Waals surface area contributed by atoms with Gasteiger partial charge in [0.05, 0.1) is 6.10 Å². The first-order chi connectivity index (χ1) is 10.2. The second-order valence-electron chi connectivity index (χ2n) is 6.05. The molecule has 2 aromatic carbocycles. The second-order valence-corrected chi connectivity index (χ2v) is 6.05. The zero-order valence-electron chi connectivity index (χ0n) is 12.5. The van der Waals surface area contributed by atoms with Crippen LogP contribution >= 0.6 is 0 Å². The van der Waals surface area contributed by atoms with Crippen molar-refractivity contribution in [2.24, 2.45) is 0 Å². The Kier molecular flexibility index (Phi) is 4.37. The Bertz CT molecular complexity index is 591. The molecular weight excluding hydrogens is 258 g/mol. The average molecular weight is 281 g/mol. The molecule has 1 saturated carbocycles. The number of benzene rings is 2. The Labute approximate surface area is 126 Å². The summed E-state index contributed by atoms with van der Waals surface area (Å²) in [7, 11) is 0. The molecule has 0 aromatic heterocycles. The number of aliphatic hydroxyl groups excluding tert-OH is 1. The molecule has 110 valence electrons. The third-order valence-electron chi connectivity index (χ3n) is 4.35. The van der Waals surface area contributed by atoms with Crippen LogP contribution in [0.1, 0.15) is 30.4 Å². The number of hydrogen-bond donors (Lipinski definition) is 2. The van der Waals surface area contributed by atoms with E-state index in [1.165, 1.54) is 22.3 Å². The quantitative estimate of drug-likeness (QED) is 0.896. The van der Waals surface area contributed by atoms with Crippen molar-refractivity contribution >= 4 is 0 Å². The molecule has 2 heteroatoms. The van der Waals surface area contributed by atoms with Crippen LogP contribution in [0.5, 0.6) is 0 Å². The maximum Gasteiger partial charge on any atom is 0.0693 e. The van der Waals surface area contributed by atoms with E-state index >= 15 is 0 Å². The van der Waals surface area contributed by atoms with E-state index in [2.05, 4.69) is 60.8 Å². The molecule has 0 heterocycles. The van der Waals surface area contributed by atoms with Gasteiger partial charge in [0.2, 0.25) is 0 Å². The highest BCUT2D eigenvalue weighted by molar-refractivity contribution is 5.64. The van der Waals surface area contributed by atoms with Gasteiger partial charge in [-0.15, -0.1) is 0 Å². The van der Waals surface area contributed by atoms with Crippen molar-refractivity contribution in [3.63, 3.8) is 0 Å². The maximum atomic E-state index is 9.82. The molecule has 0 aliphatic heterocycles. The Morgan fingerprint density at radius 1 is 1.05 bits per heavy atom. The first kappa shape index (κ1) is 14.3. The van der Waals surface area contributed by atoms with Crippen LogP contribution < -0.4 is 5.32 Å². The van der Waals surface area contributed by atoms with Crippen molar-refractivity contribution in [1.29, 1.82) is 0 Å². The van der Waals surface area contributed by atoms with E-state index in [0.717, 1.165) is 25.8 Å². The predicted octanol–water partition coefficient (Wildman–Crippen LogP) is 3.67. The molecule has 0 amide bonds. The van der Waals surface area contributed by atoms with Gasteiger partial charge in [0.25, 0.3) is 0 Å². The largest absolute Gasteiger partial charge is 0.392 e. The Morgan fingerprint density at radius 3 is 2.52 bits per heavy atom. The van der Waals surface area contributed by atoms with E-state index < -0.39 is 0 Å². The summed E-state index contributed by atoms with van der Waals surface area (Å²) in [6, 6.07) is 17.5. The van der Waals surface area contributed by atoms with E-state index in [1.807, 2.05) is 0 Å². The predicted molar refractivity (Wildman–Crippen MR) is 87.1 cm³/mol. The van der Waals surface area contributed by atoms with Crippen LogP contribution in [0.3, 0.4) is 0 Å². The van der Waals surface area contributed by atoms with Gasteiger partial charge in [-0.1, -0.05) is 54.1 Å². The molecular formula is C19H23NO. The molecule has 2 aromatic rings. The standard InChI is InChI=1S/C19H23NO/c1-14-4-2-5-17(12-14)16-10-8-15(9-11-16)13-20-18-6-3-7-19(18)21/h2,4-5,8-12,18-21H,3,6-7,13H2,1H3/t18-,19-/m0/s1. The smallest absolute Gasteiger partial charge is 0.0693 e. The van der Waals surface area contributed by atoms with Crippen molar-refractivity contribution in [2.45, 2.75) is 44.9 Å². The van der Waals surface area contributed by atoms with Crippen molar-refractivity contribution < 1.29 is 5.11 Å². The molecule has 1 aliphatic carbocycles. The van der Waals surface area contributed by atoms with Crippen molar-refractivity contribution in [3.05, 3.63) is 59.7 Å². The molecule has 0 saturated heterocycles. The van der Waals surface area contributed by atoms with Crippen LogP contribution in [0, 0.1) is 6.92 Å². The molecule has 21 heavy (non-hydrogen) atoms. The van der Waals surface area contributed by atoms with Crippen molar-refractivity contribution in [2.75, 3.05) is 0 Å². The van der Waals surface area contributed by atoms with Gasteiger partial charge in [-0.3, -0.25) is 0 Å². The van der Waals surface area contributed by atoms with Crippen LogP contribution in [0.15, 0.2) is 48.5 Å². The molecule has 1 aliphatic rings. The van der Waals surface area contributed by atoms with Gasteiger partial charge in [-0.25, -0.2) is 0 Å². The van der Waals surface area contributed by atoms with E-state index in [-0.39, 0.29) is 12.1 Å². The van der Waals surface area contributed by atoms with Crippen molar-refractivity contribution in [3.8, 4) is 11.1 Å². The summed E-state index contributed by atoms with van der Waals surface area (Å²) in [6.07, 6.45) is 2.98. The molecule has 2 nitrogen and oxygen atoms in total. The molecule has 0 unspecified atom stereocenters. The van der Waals surface area contributed by atoms with E-state index in [9.17, 15) is 5.11 Å². The minimum atomic E-state index is -0.170.